The number of benzene rings is 1. The van der Waals surface area contributed by atoms with Crippen molar-refractivity contribution >= 4 is 0 Å². The molecule has 2 unspecified atom stereocenters. The van der Waals surface area contributed by atoms with Crippen molar-refractivity contribution in [3.63, 3.8) is 0 Å². The van der Waals surface area contributed by atoms with Gasteiger partial charge in [-0.1, -0.05) is 29.8 Å². The Labute approximate surface area is 115 Å². The highest BCUT2D eigenvalue weighted by molar-refractivity contribution is 5.25. The maximum atomic E-state index is 6.00. The Morgan fingerprint density at radius 1 is 1.16 bits per heavy atom. The van der Waals surface area contributed by atoms with Gasteiger partial charge in [-0.15, -0.1) is 0 Å². The van der Waals surface area contributed by atoms with Crippen molar-refractivity contribution in [2.45, 2.75) is 26.0 Å². The van der Waals surface area contributed by atoms with E-state index in [-0.39, 0.29) is 12.1 Å². The van der Waals surface area contributed by atoms with Gasteiger partial charge in [0.25, 0.3) is 0 Å². The smallest absolute Gasteiger partial charge is 0.0974 e. The summed E-state index contributed by atoms with van der Waals surface area (Å²) in [4.78, 5) is 0. The van der Waals surface area contributed by atoms with Crippen LogP contribution in [0.2, 0.25) is 0 Å². The average Bonchev–Trinajstić information content (AvgIpc) is 2.37. The number of nitrogens with two attached hydrogens (primary N) is 1. The molecule has 0 aliphatic heterocycles. The largest absolute Gasteiger partial charge is 0.382 e. The van der Waals surface area contributed by atoms with E-state index in [9.17, 15) is 0 Å². The monoisotopic (exact) mass is 267 g/mol. The number of hydrogen-bond donors (Lipinski definition) is 1. The fraction of sp³-hybridized carbons (Fsp3) is 0.600. The molecule has 1 rings (SSSR count). The molecular formula is C15H25NO3. The minimum Gasteiger partial charge on any atom is -0.382 e. The molecule has 0 heterocycles. The molecule has 0 aliphatic carbocycles. The first kappa shape index (κ1) is 16.1. The Balaban J connectivity index is 2.41. The van der Waals surface area contributed by atoms with Crippen molar-refractivity contribution in [1.82, 2.24) is 0 Å². The first-order valence-electron chi connectivity index (χ1n) is 6.65. The SMILES string of the molecule is COCCOCCOC(c1cccc(C)c1)C(C)N. The van der Waals surface area contributed by atoms with Crippen LogP contribution < -0.4 is 5.73 Å². The van der Waals surface area contributed by atoms with Crippen LogP contribution >= 0.6 is 0 Å². The number of methoxy groups -OCH3 is 1. The van der Waals surface area contributed by atoms with E-state index >= 15 is 0 Å². The van der Waals surface area contributed by atoms with Crippen molar-refractivity contribution in [1.29, 1.82) is 0 Å². The summed E-state index contributed by atoms with van der Waals surface area (Å²) in [7, 11) is 1.66. The number of ether oxygens (including phenoxy) is 3. The van der Waals surface area contributed by atoms with E-state index in [1.165, 1.54) is 5.56 Å². The van der Waals surface area contributed by atoms with Crippen LogP contribution in [0.15, 0.2) is 24.3 Å². The van der Waals surface area contributed by atoms with Crippen molar-refractivity contribution in [3.05, 3.63) is 35.4 Å². The van der Waals surface area contributed by atoms with Gasteiger partial charge in [0, 0.05) is 13.2 Å². The highest BCUT2D eigenvalue weighted by Crippen LogP contribution is 2.21. The molecule has 1 aromatic rings. The van der Waals surface area contributed by atoms with Crippen molar-refractivity contribution in [2.24, 2.45) is 5.73 Å². The molecule has 1 aromatic carbocycles. The summed E-state index contributed by atoms with van der Waals surface area (Å²) >= 11 is 0. The molecule has 4 heteroatoms. The maximum absolute atomic E-state index is 6.00. The Morgan fingerprint density at radius 3 is 2.53 bits per heavy atom. The number of hydrogen-bond acceptors (Lipinski definition) is 4. The number of rotatable bonds is 9. The molecule has 0 aliphatic rings. The summed E-state index contributed by atoms with van der Waals surface area (Å²) < 4.78 is 16.1. The van der Waals surface area contributed by atoms with Crippen LogP contribution in [-0.4, -0.2) is 39.6 Å². The molecule has 0 radical (unpaired) electrons. The van der Waals surface area contributed by atoms with Gasteiger partial charge >= 0.3 is 0 Å². The quantitative estimate of drug-likeness (QED) is 0.696. The zero-order chi connectivity index (χ0) is 14.1. The van der Waals surface area contributed by atoms with Gasteiger partial charge in [0.1, 0.15) is 0 Å². The van der Waals surface area contributed by atoms with E-state index in [0.717, 1.165) is 5.56 Å². The average molecular weight is 267 g/mol. The molecule has 19 heavy (non-hydrogen) atoms. The predicted molar refractivity (Wildman–Crippen MR) is 76.2 cm³/mol. The van der Waals surface area contributed by atoms with Gasteiger partial charge in [0.2, 0.25) is 0 Å². The lowest BCUT2D eigenvalue weighted by molar-refractivity contribution is -0.0142. The summed E-state index contributed by atoms with van der Waals surface area (Å²) in [6.07, 6.45) is -0.0917. The van der Waals surface area contributed by atoms with Gasteiger partial charge in [-0.3, -0.25) is 0 Å². The Hall–Kier alpha value is -0.940. The van der Waals surface area contributed by atoms with Crippen LogP contribution in [0.1, 0.15) is 24.2 Å². The van der Waals surface area contributed by atoms with Crippen molar-refractivity contribution < 1.29 is 14.2 Å². The first-order valence-corrected chi connectivity index (χ1v) is 6.65. The van der Waals surface area contributed by atoms with Gasteiger partial charge in [-0.05, 0) is 19.4 Å². The Bertz CT molecular complexity index is 355. The van der Waals surface area contributed by atoms with Gasteiger partial charge in [0.05, 0.1) is 32.5 Å². The number of aryl methyl sites for hydroxylation is 1. The molecule has 0 spiro atoms. The van der Waals surface area contributed by atoms with Crippen molar-refractivity contribution in [3.8, 4) is 0 Å². The normalized spacial score (nSPS) is 14.3. The lowest BCUT2D eigenvalue weighted by Crippen LogP contribution is -2.28. The van der Waals surface area contributed by atoms with Crippen LogP contribution in [0.4, 0.5) is 0 Å². The van der Waals surface area contributed by atoms with E-state index in [1.54, 1.807) is 7.11 Å². The zero-order valence-electron chi connectivity index (χ0n) is 12.1. The molecule has 0 fully saturated rings. The van der Waals surface area contributed by atoms with Crippen LogP contribution in [0.25, 0.3) is 0 Å². The fourth-order valence-electron chi connectivity index (χ4n) is 1.88. The Kier molecular flexibility index (Phi) is 7.67. The summed E-state index contributed by atoms with van der Waals surface area (Å²) in [5.74, 6) is 0. The zero-order valence-corrected chi connectivity index (χ0v) is 12.1. The van der Waals surface area contributed by atoms with E-state index in [4.69, 9.17) is 19.9 Å². The highest BCUT2D eigenvalue weighted by Gasteiger charge is 2.16. The van der Waals surface area contributed by atoms with Crippen LogP contribution in [-0.2, 0) is 14.2 Å². The molecular weight excluding hydrogens is 242 g/mol. The van der Waals surface area contributed by atoms with Crippen LogP contribution in [0.5, 0.6) is 0 Å². The molecule has 4 nitrogen and oxygen atoms in total. The molecule has 0 amide bonds. The fourth-order valence-corrected chi connectivity index (χ4v) is 1.88. The van der Waals surface area contributed by atoms with E-state index in [1.807, 2.05) is 19.1 Å². The third-order valence-corrected chi connectivity index (χ3v) is 2.81. The molecule has 2 N–H and O–H groups in total. The van der Waals surface area contributed by atoms with Gasteiger partial charge < -0.3 is 19.9 Å². The summed E-state index contributed by atoms with van der Waals surface area (Å²) in [5.41, 5.74) is 8.32. The second-order valence-corrected chi connectivity index (χ2v) is 4.67. The minimum absolute atomic E-state index is 0.0548. The summed E-state index contributed by atoms with van der Waals surface area (Å²) in [6.45, 7) is 6.30. The second kappa shape index (κ2) is 9.04. The lowest BCUT2D eigenvalue weighted by atomic mass is 10.0. The molecule has 2 atom stereocenters. The van der Waals surface area contributed by atoms with Crippen LogP contribution in [0.3, 0.4) is 0 Å². The molecule has 0 saturated carbocycles. The lowest BCUT2D eigenvalue weighted by Gasteiger charge is -2.22. The van der Waals surface area contributed by atoms with Crippen LogP contribution in [0, 0.1) is 6.92 Å². The predicted octanol–water partition coefficient (Wildman–Crippen LogP) is 2.06. The second-order valence-electron chi connectivity index (χ2n) is 4.67. The molecule has 0 saturated heterocycles. The third kappa shape index (κ3) is 6.16. The summed E-state index contributed by atoms with van der Waals surface area (Å²) in [5, 5.41) is 0. The molecule has 108 valence electrons. The first-order chi connectivity index (χ1) is 9.15. The van der Waals surface area contributed by atoms with Crippen molar-refractivity contribution in [2.75, 3.05) is 33.5 Å². The van der Waals surface area contributed by atoms with Gasteiger partial charge in [0.15, 0.2) is 0 Å². The molecule has 0 bridgehead atoms. The maximum Gasteiger partial charge on any atom is 0.0974 e. The van der Waals surface area contributed by atoms with E-state index in [2.05, 4.69) is 19.1 Å². The van der Waals surface area contributed by atoms with E-state index < -0.39 is 0 Å². The molecule has 0 aromatic heterocycles. The van der Waals surface area contributed by atoms with Gasteiger partial charge in [-0.25, -0.2) is 0 Å². The third-order valence-electron chi connectivity index (χ3n) is 2.81. The van der Waals surface area contributed by atoms with E-state index in [0.29, 0.717) is 26.4 Å². The topological polar surface area (TPSA) is 53.7 Å². The minimum atomic E-state index is -0.0917. The van der Waals surface area contributed by atoms with Gasteiger partial charge in [-0.2, -0.15) is 0 Å². The Morgan fingerprint density at radius 2 is 1.89 bits per heavy atom. The summed E-state index contributed by atoms with van der Waals surface area (Å²) in [6, 6.07) is 8.20. The standard InChI is InChI=1S/C15H25NO3/c1-12-5-4-6-14(11-12)15(13(2)16)19-10-9-18-8-7-17-3/h4-6,11,13,15H,7-10,16H2,1-3H3. The highest BCUT2D eigenvalue weighted by atomic mass is 16.5.